The van der Waals surface area contributed by atoms with Crippen molar-refractivity contribution in [3.05, 3.63) is 33.9 Å². The second-order valence-electron chi connectivity index (χ2n) is 5.24. The Labute approximate surface area is 126 Å². The molecule has 1 rings (SSSR count). The SMILES string of the molecule is CCCNc1ccc([N+](=O)[O-])cc1CN(C)C(C)COC. The molecule has 0 saturated carbocycles. The Hall–Kier alpha value is -1.66. The third-order valence-electron chi connectivity index (χ3n) is 3.45. The minimum absolute atomic E-state index is 0.125. The van der Waals surface area contributed by atoms with Gasteiger partial charge in [0.25, 0.3) is 5.69 Å². The lowest BCUT2D eigenvalue weighted by atomic mass is 10.1. The van der Waals surface area contributed by atoms with Crippen LogP contribution >= 0.6 is 0 Å². The molecule has 0 amide bonds. The van der Waals surface area contributed by atoms with Gasteiger partial charge >= 0.3 is 0 Å². The van der Waals surface area contributed by atoms with Gasteiger partial charge in [-0.1, -0.05) is 6.92 Å². The number of nitro groups is 1. The van der Waals surface area contributed by atoms with Crippen LogP contribution in [0.5, 0.6) is 0 Å². The van der Waals surface area contributed by atoms with E-state index in [-0.39, 0.29) is 16.7 Å². The van der Waals surface area contributed by atoms with Gasteiger partial charge in [0.1, 0.15) is 0 Å². The number of rotatable bonds is 9. The predicted octanol–water partition coefficient (Wildman–Crippen LogP) is 2.88. The van der Waals surface area contributed by atoms with E-state index >= 15 is 0 Å². The van der Waals surface area contributed by atoms with E-state index in [0.717, 1.165) is 24.2 Å². The molecular weight excluding hydrogens is 270 g/mol. The highest BCUT2D eigenvalue weighted by atomic mass is 16.6. The van der Waals surface area contributed by atoms with Crippen LogP contribution in [0.3, 0.4) is 0 Å². The van der Waals surface area contributed by atoms with Gasteiger partial charge in [-0.25, -0.2) is 0 Å². The predicted molar refractivity (Wildman–Crippen MR) is 84.7 cm³/mol. The maximum absolute atomic E-state index is 11.0. The summed E-state index contributed by atoms with van der Waals surface area (Å²) in [6.45, 7) is 6.27. The highest BCUT2D eigenvalue weighted by Gasteiger charge is 2.15. The zero-order valence-corrected chi connectivity index (χ0v) is 13.3. The summed E-state index contributed by atoms with van der Waals surface area (Å²) >= 11 is 0. The van der Waals surface area contributed by atoms with E-state index < -0.39 is 0 Å². The normalized spacial score (nSPS) is 12.4. The standard InChI is InChI=1S/C15H25N3O3/c1-5-8-16-15-7-6-14(18(19)20)9-13(15)10-17(3)12(2)11-21-4/h6-7,9,12,16H,5,8,10-11H2,1-4H3. The molecule has 0 fully saturated rings. The molecule has 0 radical (unpaired) electrons. The molecular formula is C15H25N3O3. The molecule has 0 aromatic heterocycles. The molecule has 1 atom stereocenters. The lowest BCUT2D eigenvalue weighted by molar-refractivity contribution is -0.384. The van der Waals surface area contributed by atoms with Gasteiger partial charge < -0.3 is 10.1 Å². The summed E-state index contributed by atoms with van der Waals surface area (Å²) in [5.74, 6) is 0. The Balaban J connectivity index is 2.93. The van der Waals surface area contributed by atoms with Gasteiger partial charge in [0, 0.05) is 44.1 Å². The maximum Gasteiger partial charge on any atom is 0.269 e. The number of ether oxygens (including phenoxy) is 1. The molecule has 0 spiro atoms. The molecule has 1 N–H and O–H groups in total. The third kappa shape index (κ3) is 5.32. The molecule has 1 aromatic rings. The highest BCUT2D eigenvalue weighted by Crippen LogP contribution is 2.24. The number of nitro benzene ring substituents is 1. The quantitative estimate of drug-likeness (QED) is 0.560. The molecule has 118 valence electrons. The number of methoxy groups -OCH3 is 1. The van der Waals surface area contributed by atoms with Crippen molar-refractivity contribution < 1.29 is 9.66 Å². The van der Waals surface area contributed by atoms with Crippen LogP contribution in [-0.4, -0.2) is 43.2 Å². The molecule has 21 heavy (non-hydrogen) atoms. The first-order valence-electron chi connectivity index (χ1n) is 7.20. The van der Waals surface area contributed by atoms with Gasteiger partial charge in [-0.2, -0.15) is 0 Å². The molecule has 1 aromatic carbocycles. The molecule has 6 heteroatoms. The average molecular weight is 295 g/mol. The molecule has 1 unspecified atom stereocenters. The van der Waals surface area contributed by atoms with Crippen molar-refractivity contribution in [3.8, 4) is 0 Å². The van der Waals surface area contributed by atoms with Crippen LogP contribution in [0.1, 0.15) is 25.8 Å². The van der Waals surface area contributed by atoms with Crippen LogP contribution in [-0.2, 0) is 11.3 Å². The molecule has 0 bridgehead atoms. The van der Waals surface area contributed by atoms with E-state index in [1.54, 1.807) is 25.3 Å². The van der Waals surface area contributed by atoms with Crippen LogP contribution in [0.15, 0.2) is 18.2 Å². The van der Waals surface area contributed by atoms with E-state index in [4.69, 9.17) is 4.74 Å². The lowest BCUT2D eigenvalue weighted by Crippen LogP contribution is -2.32. The number of hydrogen-bond donors (Lipinski definition) is 1. The van der Waals surface area contributed by atoms with Crippen LogP contribution in [0.25, 0.3) is 0 Å². The van der Waals surface area contributed by atoms with Gasteiger partial charge in [-0.05, 0) is 32.0 Å². The number of benzene rings is 1. The molecule has 0 aliphatic rings. The van der Waals surface area contributed by atoms with E-state index in [0.29, 0.717) is 13.2 Å². The van der Waals surface area contributed by atoms with Crippen molar-refractivity contribution in [2.45, 2.75) is 32.9 Å². The summed E-state index contributed by atoms with van der Waals surface area (Å²) in [6, 6.07) is 5.22. The second-order valence-corrected chi connectivity index (χ2v) is 5.24. The highest BCUT2D eigenvalue weighted by molar-refractivity contribution is 5.56. The van der Waals surface area contributed by atoms with Crippen LogP contribution in [0.4, 0.5) is 11.4 Å². The topological polar surface area (TPSA) is 67.6 Å². The van der Waals surface area contributed by atoms with Gasteiger partial charge in [0.2, 0.25) is 0 Å². The summed E-state index contributed by atoms with van der Waals surface area (Å²) in [7, 11) is 3.66. The number of non-ortho nitro benzene ring substituents is 1. The Morgan fingerprint density at radius 1 is 1.48 bits per heavy atom. The number of nitrogens with zero attached hydrogens (tertiary/aromatic N) is 2. The monoisotopic (exact) mass is 295 g/mol. The fourth-order valence-electron chi connectivity index (χ4n) is 2.05. The van der Waals surface area contributed by atoms with Gasteiger partial charge in [0.05, 0.1) is 11.5 Å². The van der Waals surface area contributed by atoms with Crippen LogP contribution in [0.2, 0.25) is 0 Å². The number of hydrogen-bond acceptors (Lipinski definition) is 5. The number of likely N-dealkylation sites (N-methyl/N-ethyl adjacent to an activating group) is 1. The van der Waals surface area contributed by atoms with Gasteiger partial charge in [-0.15, -0.1) is 0 Å². The maximum atomic E-state index is 11.0. The largest absolute Gasteiger partial charge is 0.385 e. The summed E-state index contributed by atoms with van der Waals surface area (Å²) in [5.41, 5.74) is 2.02. The summed E-state index contributed by atoms with van der Waals surface area (Å²) in [4.78, 5) is 12.7. The zero-order valence-electron chi connectivity index (χ0n) is 13.3. The van der Waals surface area contributed by atoms with E-state index in [2.05, 4.69) is 24.1 Å². The Kier molecular flexibility index (Phi) is 7.11. The Morgan fingerprint density at radius 3 is 2.76 bits per heavy atom. The first-order valence-corrected chi connectivity index (χ1v) is 7.20. The lowest BCUT2D eigenvalue weighted by Gasteiger charge is -2.25. The molecule has 0 aliphatic heterocycles. The summed E-state index contributed by atoms with van der Waals surface area (Å²) < 4.78 is 5.15. The van der Waals surface area contributed by atoms with Gasteiger partial charge in [-0.3, -0.25) is 15.0 Å². The van der Waals surface area contributed by atoms with Crippen molar-refractivity contribution in [3.63, 3.8) is 0 Å². The zero-order chi connectivity index (χ0) is 15.8. The number of nitrogens with one attached hydrogen (secondary N) is 1. The van der Waals surface area contributed by atoms with Crippen molar-refractivity contribution in [1.29, 1.82) is 0 Å². The van der Waals surface area contributed by atoms with Crippen LogP contribution in [0, 0.1) is 10.1 Å². The Morgan fingerprint density at radius 2 is 2.19 bits per heavy atom. The number of anilines is 1. The third-order valence-corrected chi connectivity index (χ3v) is 3.45. The molecule has 0 heterocycles. The van der Waals surface area contributed by atoms with Crippen molar-refractivity contribution in [1.82, 2.24) is 4.90 Å². The minimum Gasteiger partial charge on any atom is -0.385 e. The first-order chi connectivity index (χ1) is 9.99. The minimum atomic E-state index is -0.355. The van der Waals surface area contributed by atoms with Crippen molar-refractivity contribution in [2.75, 3.05) is 32.6 Å². The molecule has 6 nitrogen and oxygen atoms in total. The smallest absolute Gasteiger partial charge is 0.269 e. The first kappa shape index (κ1) is 17.4. The summed E-state index contributed by atoms with van der Waals surface area (Å²) in [6.07, 6.45) is 1.01. The Bertz CT molecular complexity index is 465. The fourth-order valence-corrected chi connectivity index (χ4v) is 2.05. The molecule has 0 saturated heterocycles. The summed E-state index contributed by atoms with van der Waals surface area (Å²) in [5, 5.41) is 14.3. The van der Waals surface area contributed by atoms with E-state index in [1.165, 1.54) is 0 Å². The van der Waals surface area contributed by atoms with E-state index in [1.807, 2.05) is 7.05 Å². The van der Waals surface area contributed by atoms with Crippen LogP contribution < -0.4 is 5.32 Å². The fraction of sp³-hybridized carbons (Fsp3) is 0.600. The molecule has 0 aliphatic carbocycles. The van der Waals surface area contributed by atoms with Gasteiger partial charge in [0.15, 0.2) is 0 Å². The average Bonchev–Trinajstić information content (AvgIpc) is 2.45. The van der Waals surface area contributed by atoms with Crippen molar-refractivity contribution >= 4 is 11.4 Å². The second kappa shape index (κ2) is 8.59. The van der Waals surface area contributed by atoms with Crippen molar-refractivity contribution in [2.24, 2.45) is 0 Å². The van der Waals surface area contributed by atoms with E-state index in [9.17, 15) is 10.1 Å².